The van der Waals surface area contributed by atoms with Crippen LogP contribution in [-0.2, 0) is 49.6 Å². The first-order chi connectivity index (χ1) is 43.6. The van der Waals surface area contributed by atoms with E-state index in [4.69, 9.17) is 20.1 Å². The summed E-state index contributed by atoms with van der Waals surface area (Å²) in [4.78, 5) is 148. The summed E-state index contributed by atoms with van der Waals surface area (Å²) < 4.78 is 0. The molecule has 32 heteroatoms. The van der Waals surface area contributed by atoms with Gasteiger partial charge in [-0.05, 0) is 69.2 Å². The first-order valence-electron chi connectivity index (χ1n) is 31.4. The van der Waals surface area contributed by atoms with Gasteiger partial charge in [0.1, 0.15) is 12.3 Å². The molecule has 11 N–H and O–H groups in total. The van der Waals surface area contributed by atoms with Gasteiger partial charge in [0.05, 0.1) is 38.8 Å². The quantitative estimate of drug-likeness (QED) is 0.0319. The number of anilines is 4. The largest absolute Gasteiger partial charge is 0.481 e. The van der Waals surface area contributed by atoms with Crippen LogP contribution in [0.3, 0.4) is 0 Å². The lowest BCUT2D eigenvalue weighted by molar-refractivity contribution is -0.142. The number of rotatable bonds is 39. The molecule has 1 unspecified atom stereocenters. The number of carboxylic acid groups (broad SMARTS) is 7. The van der Waals surface area contributed by atoms with Gasteiger partial charge in [0.15, 0.2) is 0 Å². The highest BCUT2D eigenvalue weighted by Gasteiger charge is 2.30. The number of nitrogens with one attached hydrogen (secondary N) is 4. The maximum Gasteiger partial charge on any atom is 0.326 e. The van der Waals surface area contributed by atoms with Crippen LogP contribution in [0.15, 0.2) is 24.3 Å². The summed E-state index contributed by atoms with van der Waals surface area (Å²) in [6, 6.07) is 3.72. The third-order valence-electron chi connectivity index (χ3n) is 16.2. The lowest BCUT2D eigenvalue weighted by atomic mass is 10.0. The van der Waals surface area contributed by atoms with Gasteiger partial charge < -0.3 is 71.6 Å². The maximum absolute atomic E-state index is 12.4. The molecule has 0 spiro atoms. The minimum atomic E-state index is -1.25. The highest BCUT2D eigenvalue weighted by atomic mass is 16.4. The van der Waals surface area contributed by atoms with Gasteiger partial charge >= 0.3 is 47.8 Å². The number of hydrogen-bond acceptors (Lipinski definition) is 22. The van der Waals surface area contributed by atoms with Crippen molar-refractivity contribution in [3.05, 3.63) is 29.8 Å². The molecular weight excluding hydrogens is 1190 g/mol. The third kappa shape index (κ3) is 29.7. The van der Waals surface area contributed by atoms with E-state index in [1.165, 1.54) is 0 Å². The predicted molar refractivity (Wildman–Crippen MR) is 332 cm³/mol. The van der Waals surface area contributed by atoms with Gasteiger partial charge in [-0.15, -0.1) is 0 Å². The van der Waals surface area contributed by atoms with Crippen LogP contribution in [0.4, 0.5) is 28.3 Å². The van der Waals surface area contributed by atoms with E-state index in [2.05, 4.69) is 31.1 Å². The minimum Gasteiger partial charge on any atom is -0.481 e. The Labute approximate surface area is 529 Å². The molecule has 3 saturated heterocycles. The van der Waals surface area contributed by atoms with Crippen LogP contribution in [0, 0.1) is 0 Å². The molecule has 2 aromatic rings. The molecule has 3 atom stereocenters. The second-order valence-corrected chi connectivity index (χ2v) is 23.4. The van der Waals surface area contributed by atoms with Crippen LogP contribution >= 0.6 is 0 Å². The first kappa shape index (κ1) is 73.8. The number of piperazine rings is 2. The van der Waals surface area contributed by atoms with Crippen molar-refractivity contribution >= 4 is 83.5 Å². The summed E-state index contributed by atoms with van der Waals surface area (Å²) in [7, 11) is 0. The molecule has 3 aliphatic heterocycles. The van der Waals surface area contributed by atoms with Gasteiger partial charge in [-0.1, -0.05) is 50.7 Å². The molecule has 3 aliphatic rings. The number of unbranched alkanes of at least 4 members (excludes halogenated alkanes) is 8. The van der Waals surface area contributed by atoms with Gasteiger partial charge in [0.2, 0.25) is 23.8 Å². The Balaban J connectivity index is 1.08. The second kappa shape index (κ2) is 40.1. The van der Waals surface area contributed by atoms with E-state index in [0.717, 1.165) is 76.6 Å². The SMILES string of the molecule is O=C[C@H](CCC(=O)O)NC(=O)N[C@@H](CCCCNC(=O)CCCCCCCCCCN1CCN(c2nc(Nc3ccc(CC4CN(CC(=O)O)CCN(CC(=O)O)CCN(CC(=O)O)CCN4CC(=O)O)cc3)nc(N3CCN(CC(=O)O)CC3)n2)CC1)C(=O)O. The number of amides is 3. The third-order valence-corrected chi connectivity index (χ3v) is 16.2. The van der Waals surface area contributed by atoms with E-state index in [1.807, 2.05) is 34.1 Å². The van der Waals surface area contributed by atoms with Crippen LogP contribution in [0.1, 0.15) is 95.5 Å². The van der Waals surface area contributed by atoms with Crippen molar-refractivity contribution in [2.45, 2.75) is 114 Å². The zero-order valence-electron chi connectivity index (χ0n) is 51.9. The van der Waals surface area contributed by atoms with Crippen LogP contribution in [0.5, 0.6) is 0 Å². The fraction of sp³-hybridized carbons (Fsp3) is 0.678. The van der Waals surface area contributed by atoms with E-state index in [0.29, 0.717) is 101 Å². The molecular formula is C59H93N15O17. The van der Waals surface area contributed by atoms with Crippen molar-refractivity contribution in [1.82, 2.24) is 60.3 Å². The lowest BCUT2D eigenvalue weighted by Crippen LogP contribution is -2.53. The monoisotopic (exact) mass is 1280 g/mol. The standard InChI is InChI=1S/C59H93N15O17/c75-42-45(17-18-49(77)78)62-59(91)63-47(55(89)90)11-8-9-19-60-48(76)12-7-5-3-1-2-4-6-10-20-67-25-30-72(31-26-67)57-64-56(65-58(66-57)73-32-27-70(28-33-73)39-52(83)84)61-44-15-13-43(14-16-44)35-46-36-71(40-53(85)86)24-23-68(37-50(79)80)21-22-69(38-51(81)82)29-34-74(46)41-54(87)88/h13-16,42,45-47H,1-12,17-41H2,(H,60,76)(H,77,78)(H,79,80)(H,81,82)(H,83,84)(H,85,86)(H,87,88)(H,89,90)(H2,62,63,91)(H,61,64,65,66)/t45-,46?,47-/m0/s1. The fourth-order valence-electron chi connectivity index (χ4n) is 11.2. The molecule has 0 radical (unpaired) electrons. The number of carbonyl (C=O) groups is 10. The zero-order valence-corrected chi connectivity index (χ0v) is 51.9. The molecule has 506 valence electrons. The van der Waals surface area contributed by atoms with E-state index >= 15 is 0 Å². The Bertz CT molecular complexity index is 2660. The minimum absolute atomic E-state index is 0.0686. The molecule has 3 amide bonds. The van der Waals surface area contributed by atoms with E-state index in [9.17, 15) is 78.6 Å². The highest BCUT2D eigenvalue weighted by molar-refractivity contribution is 5.84. The Morgan fingerprint density at radius 2 is 0.978 bits per heavy atom. The number of hydrogen-bond donors (Lipinski definition) is 11. The average Bonchev–Trinajstić information content (AvgIpc) is 1.11. The number of aliphatic carboxylic acids is 7. The average molecular weight is 1280 g/mol. The first-order valence-corrected chi connectivity index (χ1v) is 31.4. The summed E-state index contributed by atoms with van der Waals surface area (Å²) in [5, 5.41) is 77.8. The number of aldehydes is 1. The van der Waals surface area contributed by atoms with Gasteiger partial charge in [0, 0.05) is 129 Å². The van der Waals surface area contributed by atoms with Gasteiger partial charge in [-0.25, -0.2) is 9.59 Å². The smallest absolute Gasteiger partial charge is 0.326 e. The molecule has 0 aliphatic carbocycles. The summed E-state index contributed by atoms with van der Waals surface area (Å²) in [6.45, 7) is 6.04. The van der Waals surface area contributed by atoms with Crippen molar-refractivity contribution < 1.29 is 83.7 Å². The van der Waals surface area contributed by atoms with Gasteiger partial charge in [-0.2, -0.15) is 15.0 Å². The summed E-state index contributed by atoms with van der Waals surface area (Å²) >= 11 is 0. The molecule has 91 heavy (non-hydrogen) atoms. The highest BCUT2D eigenvalue weighted by Crippen LogP contribution is 2.24. The van der Waals surface area contributed by atoms with E-state index in [1.54, 1.807) is 19.6 Å². The van der Waals surface area contributed by atoms with Gasteiger partial charge in [0.25, 0.3) is 0 Å². The van der Waals surface area contributed by atoms with Crippen LogP contribution in [-0.4, -0.2) is 302 Å². The van der Waals surface area contributed by atoms with Crippen LogP contribution in [0.25, 0.3) is 0 Å². The van der Waals surface area contributed by atoms with Crippen molar-refractivity contribution in [2.75, 3.05) is 159 Å². The van der Waals surface area contributed by atoms with Crippen LogP contribution < -0.4 is 31.1 Å². The summed E-state index contributed by atoms with van der Waals surface area (Å²) in [6.07, 6.45) is 9.82. The Morgan fingerprint density at radius 3 is 1.49 bits per heavy atom. The lowest BCUT2D eigenvalue weighted by Gasteiger charge is -2.37. The molecule has 0 saturated carbocycles. The Morgan fingerprint density at radius 1 is 0.495 bits per heavy atom. The number of nitrogens with zero attached hydrogens (tertiary/aromatic N) is 11. The molecule has 32 nitrogen and oxygen atoms in total. The second-order valence-electron chi connectivity index (χ2n) is 23.4. The van der Waals surface area contributed by atoms with Crippen molar-refractivity contribution in [1.29, 1.82) is 0 Å². The fourth-order valence-corrected chi connectivity index (χ4v) is 11.2. The molecule has 4 heterocycles. The summed E-state index contributed by atoms with van der Waals surface area (Å²) in [5.41, 5.74) is 1.45. The maximum atomic E-state index is 12.4. The van der Waals surface area contributed by atoms with Crippen molar-refractivity contribution in [3.8, 4) is 0 Å². The van der Waals surface area contributed by atoms with Crippen molar-refractivity contribution in [3.63, 3.8) is 0 Å². The Hall–Kier alpha value is -7.91. The molecule has 1 aromatic heterocycles. The number of aromatic nitrogens is 3. The normalized spacial score (nSPS) is 17.8. The summed E-state index contributed by atoms with van der Waals surface area (Å²) in [5.74, 6) is -6.48. The molecule has 1 aromatic carbocycles. The number of carbonyl (C=O) groups excluding carboxylic acids is 3. The molecule has 0 bridgehead atoms. The predicted octanol–water partition coefficient (Wildman–Crippen LogP) is 0.397. The zero-order chi connectivity index (χ0) is 66.1. The Kier molecular flexibility index (Phi) is 32.5. The molecule has 5 rings (SSSR count). The molecule has 3 fully saturated rings. The van der Waals surface area contributed by atoms with E-state index in [-0.39, 0.29) is 104 Å². The number of carboxylic acids is 7. The number of urea groups is 1. The van der Waals surface area contributed by atoms with Crippen molar-refractivity contribution in [2.24, 2.45) is 0 Å². The van der Waals surface area contributed by atoms with Gasteiger partial charge in [-0.3, -0.25) is 63.0 Å². The topological polar surface area (TPSA) is 425 Å². The van der Waals surface area contributed by atoms with Crippen LogP contribution in [0.2, 0.25) is 0 Å². The number of benzene rings is 1. The van der Waals surface area contributed by atoms with E-state index < -0.39 is 65.9 Å².